The number of nitrogens with zero attached hydrogens (tertiary/aromatic N) is 1. The molecule has 4 nitrogen and oxygen atoms in total. The minimum atomic E-state index is -0.430. The number of carbonyl (C=O) groups is 1. The van der Waals surface area contributed by atoms with E-state index in [4.69, 9.17) is 14.7 Å². The van der Waals surface area contributed by atoms with Gasteiger partial charge in [0.2, 0.25) is 0 Å². The van der Waals surface area contributed by atoms with E-state index in [0.29, 0.717) is 11.3 Å². The third kappa shape index (κ3) is 4.66. The van der Waals surface area contributed by atoms with E-state index in [1.165, 1.54) is 0 Å². The second kappa shape index (κ2) is 7.11. The van der Waals surface area contributed by atoms with Crippen LogP contribution in [0.5, 0.6) is 5.75 Å². The van der Waals surface area contributed by atoms with Crippen molar-refractivity contribution in [3.63, 3.8) is 0 Å². The van der Waals surface area contributed by atoms with Crippen molar-refractivity contribution in [3.8, 4) is 11.8 Å². The Kier molecular flexibility index (Phi) is 4.94. The molecule has 0 fully saturated rings. The van der Waals surface area contributed by atoms with Crippen molar-refractivity contribution in [1.82, 2.24) is 0 Å². The predicted octanol–water partition coefficient (Wildman–Crippen LogP) is 2.99. The number of benzene rings is 2. The molecule has 2 aromatic carbocycles. The largest absolute Gasteiger partial charge is 0.482 e. The smallest absolute Gasteiger partial charge is 0.344 e. The zero-order chi connectivity index (χ0) is 15.1. The number of rotatable bonds is 5. The first-order chi connectivity index (χ1) is 10.2. The molecule has 21 heavy (non-hydrogen) atoms. The molecule has 2 aromatic rings. The van der Waals surface area contributed by atoms with E-state index >= 15 is 0 Å². The first-order valence-corrected chi connectivity index (χ1v) is 6.51. The van der Waals surface area contributed by atoms with Crippen LogP contribution in [0.15, 0.2) is 48.5 Å². The van der Waals surface area contributed by atoms with Crippen LogP contribution in [0.4, 0.5) is 0 Å². The normalized spacial score (nSPS) is 9.71. The zero-order valence-electron chi connectivity index (χ0n) is 11.7. The van der Waals surface area contributed by atoms with Gasteiger partial charge < -0.3 is 9.47 Å². The number of esters is 1. The van der Waals surface area contributed by atoms with Crippen LogP contribution in [0.3, 0.4) is 0 Å². The molecule has 0 radical (unpaired) electrons. The molecule has 0 spiro atoms. The first kappa shape index (κ1) is 14.6. The van der Waals surface area contributed by atoms with Gasteiger partial charge in [-0.25, -0.2) is 4.79 Å². The SMILES string of the molecule is Cc1cccc(OCC(=O)OCc2ccc(C#N)cc2)c1. The average Bonchev–Trinajstić information content (AvgIpc) is 2.51. The highest BCUT2D eigenvalue weighted by molar-refractivity contribution is 5.71. The third-order valence-corrected chi connectivity index (χ3v) is 2.83. The summed E-state index contributed by atoms with van der Waals surface area (Å²) in [6.45, 7) is 2.00. The fourth-order valence-electron chi connectivity index (χ4n) is 1.73. The maximum absolute atomic E-state index is 11.6. The molecular weight excluding hydrogens is 266 g/mol. The maximum atomic E-state index is 11.6. The van der Waals surface area contributed by atoms with Crippen LogP contribution in [0.25, 0.3) is 0 Å². The standard InChI is InChI=1S/C17H15NO3/c1-13-3-2-4-16(9-13)20-12-17(19)21-11-15-7-5-14(10-18)6-8-15/h2-9H,11-12H2,1H3. The quantitative estimate of drug-likeness (QED) is 0.790. The van der Waals surface area contributed by atoms with Crippen molar-refractivity contribution in [1.29, 1.82) is 5.26 Å². The maximum Gasteiger partial charge on any atom is 0.344 e. The van der Waals surface area contributed by atoms with Gasteiger partial charge in [0.05, 0.1) is 11.6 Å². The lowest BCUT2D eigenvalue weighted by atomic mass is 10.2. The third-order valence-electron chi connectivity index (χ3n) is 2.83. The lowest BCUT2D eigenvalue weighted by Crippen LogP contribution is -2.14. The van der Waals surface area contributed by atoms with Crippen LogP contribution in [-0.2, 0) is 16.1 Å². The predicted molar refractivity (Wildman–Crippen MR) is 77.6 cm³/mol. The summed E-state index contributed by atoms with van der Waals surface area (Å²) in [4.78, 5) is 11.6. The lowest BCUT2D eigenvalue weighted by molar-refractivity contribution is -0.147. The summed E-state index contributed by atoms with van der Waals surface area (Å²) in [5.74, 6) is 0.214. The van der Waals surface area contributed by atoms with Gasteiger partial charge in [0, 0.05) is 0 Å². The minimum absolute atomic E-state index is 0.125. The molecule has 4 heteroatoms. The number of hydrogen-bond donors (Lipinski definition) is 0. The molecule has 2 rings (SSSR count). The minimum Gasteiger partial charge on any atom is -0.482 e. The average molecular weight is 281 g/mol. The summed E-state index contributed by atoms with van der Waals surface area (Å²) in [7, 11) is 0. The molecule has 0 atom stereocenters. The second-order valence-corrected chi connectivity index (χ2v) is 4.57. The molecule has 106 valence electrons. The van der Waals surface area contributed by atoms with Gasteiger partial charge in [-0.2, -0.15) is 5.26 Å². The van der Waals surface area contributed by atoms with Gasteiger partial charge in [0.1, 0.15) is 12.4 Å². The molecule has 0 aliphatic carbocycles. The Morgan fingerprint density at radius 3 is 2.62 bits per heavy atom. The molecule has 0 aromatic heterocycles. The Balaban J connectivity index is 1.78. The van der Waals surface area contributed by atoms with E-state index in [-0.39, 0.29) is 13.2 Å². The van der Waals surface area contributed by atoms with Crippen molar-refractivity contribution in [2.75, 3.05) is 6.61 Å². The van der Waals surface area contributed by atoms with E-state index in [2.05, 4.69) is 0 Å². The molecule has 0 amide bonds. The van der Waals surface area contributed by atoms with Crippen LogP contribution in [0.2, 0.25) is 0 Å². The summed E-state index contributed by atoms with van der Waals surface area (Å²) in [5, 5.41) is 8.69. The highest BCUT2D eigenvalue weighted by Gasteiger charge is 2.05. The topological polar surface area (TPSA) is 59.3 Å². The van der Waals surface area contributed by atoms with Crippen molar-refractivity contribution in [2.45, 2.75) is 13.5 Å². The van der Waals surface area contributed by atoms with Crippen LogP contribution in [-0.4, -0.2) is 12.6 Å². The Bertz CT molecular complexity index is 656. The summed E-state index contributed by atoms with van der Waals surface area (Å²) in [6, 6.07) is 16.4. The zero-order valence-corrected chi connectivity index (χ0v) is 11.7. The van der Waals surface area contributed by atoms with Gasteiger partial charge >= 0.3 is 5.97 Å². The second-order valence-electron chi connectivity index (χ2n) is 4.57. The molecule has 0 saturated carbocycles. The highest BCUT2D eigenvalue weighted by atomic mass is 16.6. The molecule has 0 aliphatic heterocycles. The monoisotopic (exact) mass is 281 g/mol. The summed E-state index contributed by atoms with van der Waals surface area (Å²) < 4.78 is 10.5. The van der Waals surface area contributed by atoms with E-state index in [1.54, 1.807) is 30.3 Å². The van der Waals surface area contributed by atoms with Gasteiger partial charge in [-0.3, -0.25) is 0 Å². The van der Waals surface area contributed by atoms with Gasteiger partial charge in [-0.15, -0.1) is 0 Å². The number of ether oxygens (including phenoxy) is 2. The van der Waals surface area contributed by atoms with E-state index in [0.717, 1.165) is 11.1 Å². The van der Waals surface area contributed by atoms with Gasteiger partial charge in [-0.1, -0.05) is 24.3 Å². The molecule has 0 bridgehead atoms. The van der Waals surface area contributed by atoms with E-state index < -0.39 is 5.97 Å². The Labute approximate surface area is 123 Å². The Hall–Kier alpha value is -2.80. The van der Waals surface area contributed by atoms with Gasteiger partial charge in [0.15, 0.2) is 6.61 Å². The summed E-state index contributed by atoms with van der Waals surface area (Å²) in [5.41, 5.74) is 2.48. The Morgan fingerprint density at radius 2 is 1.95 bits per heavy atom. The number of hydrogen-bond acceptors (Lipinski definition) is 4. The van der Waals surface area contributed by atoms with Crippen molar-refractivity contribution in [3.05, 3.63) is 65.2 Å². The van der Waals surface area contributed by atoms with Crippen LogP contribution >= 0.6 is 0 Å². The van der Waals surface area contributed by atoms with Crippen LogP contribution in [0.1, 0.15) is 16.7 Å². The summed E-state index contributed by atoms with van der Waals surface area (Å²) in [6.07, 6.45) is 0. The molecule has 0 aliphatic rings. The first-order valence-electron chi connectivity index (χ1n) is 6.51. The van der Waals surface area contributed by atoms with E-state index in [9.17, 15) is 4.79 Å². The van der Waals surface area contributed by atoms with Crippen molar-refractivity contribution < 1.29 is 14.3 Å². The molecule has 0 heterocycles. The molecular formula is C17H15NO3. The number of carbonyl (C=O) groups excluding carboxylic acids is 1. The molecule has 0 unspecified atom stereocenters. The van der Waals surface area contributed by atoms with Crippen molar-refractivity contribution in [2.24, 2.45) is 0 Å². The van der Waals surface area contributed by atoms with Crippen LogP contribution in [0, 0.1) is 18.3 Å². The lowest BCUT2D eigenvalue weighted by Gasteiger charge is -2.07. The molecule has 0 saturated heterocycles. The molecule has 0 N–H and O–H groups in total. The fraction of sp³-hybridized carbons (Fsp3) is 0.176. The van der Waals surface area contributed by atoms with Gasteiger partial charge in [0.25, 0.3) is 0 Å². The van der Waals surface area contributed by atoms with Crippen molar-refractivity contribution >= 4 is 5.97 Å². The van der Waals surface area contributed by atoms with Gasteiger partial charge in [-0.05, 0) is 42.3 Å². The number of aryl methyl sites for hydroxylation is 1. The van der Waals surface area contributed by atoms with Crippen LogP contribution < -0.4 is 4.74 Å². The highest BCUT2D eigenvalue weighted by Crippen LogP contribution is 2.12. The Morgan fingerprint density at radius 1 is 1.19 bits per heavy atom. The van der Waals surface area contributed by atoms with E-state index in [1.807, 2.05) is 31.2 Å². The fourth-order valence-corrected chi connectivity index (χ4v) is 1.73. The number of nitriles is 1. The summed E-state index contributed by atoms with van der Waals surface area (Å²) >= 11 is 0.